The van der Waals surface area contributed by atoms with Crippen molar-refractivity contribution in [2.45, 2.75) is 0 Å². The van der Waals surface area contributed by atoms with Gasteiger partial charge in [-0.15, -0.1) is 22.7 Å². The SMILES string of the molecule is O=c1c2ccccc2oc2cccc(-c3ccc4sc5ccc(-c6ccc7sc8ccc(-c9ccc%10c%11cccc%12c%13ccccc%13n(c%10c9)c%12%11)cc8c7c6)cc5c4c3)c12. The monoisotopic (exact) mass is 799 g/mol. The minimum atomic E-state index is -0.00179. The maximum atomic E-state index is 13.8. The van der Waals surface area contributed by atoms with E-state index in [1.165, 1.54) is 101 Å². The molecule has 0 aliphatic heterocycles. The molecule has 0 spiro atoms. The zero-order valence-corrected chi connectivity index (χ0v) is 33.5. The highest BCUT2D eigenvalue weighted by molar-refractivity contribution is 7.26. The number of benzene rings is 9. The van der Waals surface area contributed by atoms with Gasteiger partial charge in [-0.1, -0.05) is 97.1 Å². The maximum Gasteiger partial charge on any atom is 0.201 e. The van der Waals surface area contributed by atoms with Crippen molar-refractivity contribution in [1.82, 2.24) is 4.40 Å². The van der Waals surface area contributed by atoms with Gasteiger partial charge in [-0.3, -0.25) is 4.79 Å². The Morgan fingerprint density at radius 3 is 1.52 bits per heavy atom. The lowest BCUT2D eigenvalue weighted by molar-refractivity contribution is 0.660. The number of hydrogen-bond donors (Lipinski definition) is 0. The lowest BCUT2D eigenvalue weighted by atomic mass is 9.97. The Morgan fingerprint density at radius 2 is 0.850 bits per heavy atom. The third-order valence-electron chi connectivity index (χ3n) is 12.7. The van der Waals surface area contributed by atoms with Crippen molar-refractivity contribution in [3.8, 4) is 33.4 Å². The van der Waals surface area contributed by atoms with Crippen LogP contribution in [0, 0.1) is 0 Å². The van der Waals surface area contributed by atoms with Crippen molar-refractivity contribution in [3.63, 3.8) is 0 Å². The molecule has 0 N–H and O–H groups in total. The van der Waals surface area contributed by atoms with E-state index < -0.39 is 0 Å². The summed E-state index contributed by atoms with van der Waals surface area (Å²) in [5, 5.41) is 11.4. The maximum absolute atomic E-state index is 13.8. The van der Waals surface area contributed by atoms with E-state index in [0.29, 0.717) is 21.9 Å². The second kappa shape index (κ2) is 11.9. The van der Waals surface area contributed by atoms with Crippen LogP contribution in [-0.2, 0) is 0 Å². The molecule has 9 aromatic carbocycles. The second-order valence-electron chi connectivity index (χ2n) is 15.9. The zero-order valence-electron chi connectivity index (χ0n) is 31.8. The second-order valence-corrected chi connectivity index (χ2v) is 18.1. The summed E-state index contributed by atoms with van der Waals surface area (Å²) in [7, 11) is 0. The standard InChI is InChI=1S/C55H29NO2S2/c57-55-40-8-2-4-13-47(40)58-48-14-6-9-35(53(48)55)34-19-24-52-44(28-34)43-26-31(17-22-51(43)60-52)30-16-21-49-41(25-30)42-27-32(18-23-50(42)59-49)33-15-20-37-39-11-5-10-38-36-7-1-3-12-45(36)56(54(38)39)46(37)29-33/h1-29H. The predicted octanol–water partition coefficient (Wildman–Crippen LogP) is 15.8. The average Bonchev–Trinajstić information content (AvgIpc) is 4.05. The molecule has 5 aromatic heterocycles. The van der Waals surface area contributed by atoms with E-state index in [-0.39, 0.29) is 5.43 Å². The molecule has 0 saturated heterocycles. The van der Waals surface area contributed by atoms with Gasteiger partial charge >= 0.3 is 0 Å². The summed E-state index contributed by atoms with van der Waals surface area (Å²) >= 11 is 3.66. The van der Waals surface area contributed by atoms with Crippen LogP contribution in [0.1, 0.15) is 0 Å². The number of para-hydroxylation sites is 3. The molecule has 60 heavy (non-hydrogen) atoms. The van der Waals surface area contributed by atoms with Crippen molar-refractivity contribution < 1.29 is 4.42 Å². The Bertz CT molecular complexity index is 4220. The molecule has 278 valence electrons. The number of rotatable bonds is 3. The molecule has 0 amide bonds. The smallest absolute Gasteiger partial charge is 0.201 e. The van der Waals surface area contributed by atoms with Gasteiger partial charge in [-0.05, 0) is 112 Å². The number of fused-ring (bicyclic) bond motifs is 14. The molecule has 0 aliphatic rings. The van der Waals surface area contributed by atoms with Crippen LogP contribution >= 0.6 is 22.7 Å². The van der Waals surface area contributed by atoms with Gasteiger partial charge in [-0.25, -0.2) is 0 Å². The number of aromatic nitrogens is 1. The van der Waals surface area contributed by atoms with Gasteiger partial charge in [0.15, 0.2) is 0 Å². The number of hydrogen-bond acceptors (Lipinski definition) is 4. The van der Waals surface area contributed by atoms with E-state index in [4.69, 9.17) is 4.42 Å². The first-order valence-electron chi connectivity index (χ1n) is 20.2. The highest BCUT2D eigenvalue weighted by Crippen LogP contribution is 2.44. The lowest BCUT2D eigenvalue weighted by Crippen LogP contribution is -2.03. The molecule has 5 heterocycles. The van der Waals surface area contributed by atoms with Gasteiger partial charge in [0.25, 0.3) is 0 Å². The van der Waals surface area contributed by atoms with Crippen LogP contribution in [0.25, 0.3) is 134 Å². The van der Waals surface area contributed by atoms with Crippen LogP contribution < -0.4 is 5.43 Å². The summed E-state index contributed by atoms with van der Waals surface area (Å²) in [6, 6.07) is 63.1. The van der Waals surface area contributed by atoms with Crippen LogP contribution in [0.4, 0.5) is 0 Å². The molecule has 0 atom stereocenters. The van der Waals surface area contributed by atoms with Gasteiger partial charge < -0.3 is 8.82 Å². The highest BCUT2D eigenvalue weighted by Gasteiger charge is 2.19. The minimum absolute atomic E-state index is 0.00179. The lowest BCUT2D eigenvalue weighted by Gasteiger charge is -2.08. The molecule has 14 aromatic rings. The Labute approximate surface area is 349 Å². The Morgan fingerprint density at radius 1 is 0.367 bits per heavy atom. The van der Waals surface area contributed by atoms with Crippen LogP contribution in [0.5, 0.6) is 0 Å². The Hall–Kier alpha value is -7.31. The van der Waals surface area contributed by atoms with Crippen molar-refractivity contribution >= 4 is 123 Å². The topological polar surface area (TPSA) is 34.6 Å². The van der Waals surface area contributed by atoms with E-state index in [1.807, 2.05) is 53.8 Å². The fourth-order valence-electron chi connectivity index (χ4n) is 9.96. The molecule has 3 nitrogen and oxygen atoms in total. The van der Waals surface area contributed by atoms with E-state index in [0.717, 1.165) is 11.1 Å². The van der Waals surface area contributed by atoms with Gasteiger partial charge in [0.2, 0.25) is 5.43 Å². The molecule has 0 fully saturated rings. The normalized spacial score (nSPS) is 12.4. The van der Waals surface area contributed by atoms with Crippen LogP contribution in [-0.4, -0.2) is 4.40 Å². The predicted molar refractivity (Wildman–Crippen MR) is 257 cm³/mol. The first-order valence-corrected chi connectivity index (χ1v) is 21.8. The van der Waals surface area contributed by atoms with Crippen molar-refractivity contribution in [3.05, 3.63) is 186 Å². The van der Waals surface area contributed by atoms with Crippen molar-refractivity contribution in [1.29, 1.82) is 0 Å². The fraction of sp³-hybridized carbons (Fsp3) is 0. The van der Waals surface area contributed by atoms with Crippen LogP contribution in [0.2, 0.25) is 0 Å². The third kappa shape index (κ3) is 4.45. The molecular weight excluding hydrogens is 771 g/mol. The highest BCUT2D eigenvalue weighted by atomic mass is 32.1. The zero-order chi connectivity index (χ0) is 39.2. The fourth-order valence-corrected chi connectivity index (χ4v) is 12.1. The van der Waals surface area contributed by atoms with E-state index >= 15 is 0 Å². The summed E-state index contributed by atoms with van der Waals surface area (Å²) in [5.74, 6) is 0. The van der Waals surface area contributed by atoms with Gasteiger partial charge in [0, 0.05) is 61.9 Å². The molecule has 0 unspecified atom stereocenters. The summed E-state index contributed by atoms with van der Waals surface area (Å²) < 4.78 is 13.7. The molecule has 14 rings (SSSR count). The van der Waals surface area contributed by atoms with Crippen molar-refractivity contribution in [2.24, 2.45) is 0 Å². The minimum Gasteiger partial charge on any atom is -0.456 e. The molecule has 0 radical (unpaired) electrons. The Balaban J connectivity index is 0.890. The third-order valence-corrected chi connectivity index (χ3v) is 15.0. The number of thiophene rings is 2. The summed E-state index contributed by atoms with van der Waals surface area (Å²) in [4.78, 5) is 13.8. The Kier molecular flexibility index (Phi) is 6.47. The van der Waals surface area contributed by atoms with Crippen LogP contribution in [0.15, 0.2) is 185 Å². The summed E-state index contributed by atoms with van der Waals surface area (Å²) in [6.45, 7) is 0. The van der Waals surface area contributed by atoms with Gasteiger partial charge in [0.1, 0.15) is 11.2 Å². The first kappa shape index (κ1) is 32.6. The van der Waals surface area contributed by atoms with Gasteiger partial charge in [0.05, 0.1) is 27.3 Å². The number of nitrogens with zero attached hydrogens (tertiary/aromatic N) is 1. The summed E-state index contributed by atoms with van der Waals surface area (Å²) in [5.41, 5.74) is 11.7. The molecular formula is C55H29NO2S2. The van der Waals surface area contributed by atoms with E-state index in [1.54, 1.807) is 11.3 Å². The first-order chi connectivity index (χ1) is 29.6. The molecule has 0 bridgehead atoms. The van der Waals surface area contributed by atoms with Gasteiger partial charge in [-0.2, -0.15) is 0 Å². The largest absolute Gasteiger partial charge is 0.456 e. The van der Waals surface area contributed by atoms with E-state index in [2.05, 4.69) is 138 Å². The van der Waals surface area contributed by atoms with E-state index in [9.17, 15) is 4.79 Å². The molecule has 5 heteroatoms. The van der Waals surface area contributed by atoms with Crippen LogP contribution in [0.3, 0.4) is 0 Å². The average molecular weight is 800 g/mol. The van der Waals surface area contributed by atoms with Crippen molar-refractivity contribution in [2.75, 3.05) is 0 Å². The molecule has 0 aliphatic carbocycles. The quantitative estimate of drug-likeness (QED) is 0.167. The molecule has 0 saturated carbocycles. The summed E-state index contributed by atoms with van der Waals surface area (Å²) in [6.07, 6.45) is 0.